The van der Waals surface area contributed by atoms with E-state index < -0.39 is 5.63 Å². The third-order valence-corrected chi connectivity index (χ3v) is 3.68. The van der Waals surface area contributed by atoms with Gasteiger partial charge in [-0.15, -0.1) is 0 Å². The normalized spacial score (nSPS) is 12.0. The number of hydrogen-bond donors (Lipinski definition) is 0. The Labute approximate surface area is 127 Å². The maximum Gasteiger partial charge on any atom is 0.346 e. The topological polar surface area (TPSA) is 66.9 Å². The largest absolute Gasteiger partial charge is 0.407 e. The zero-order valence-corrected chi connectivity index (χ0v) is 12.1. The molecule has 0 spiro atoms. The van der Waals surface area contributed by atoms with Gasteiger partial charge in [0.1, 0.15) is 0 Å². The Morgan fingerprint density at radius 3 is 2.68 bits per heavy atom. The SMILES string of the molecule is CCC(c1ccccc1)c1nc2ccc(C#N)cc2c(=O)o1. The molecule has 0 aliphatic rings. The first-order chi connectivity index (χ1) is 10.7. The number of rotatable bonds is 3. The van der Waals surface area contributed by atoms with Crippen LogP contribution in [0, 0.1) is 11.3 Å². The molecular weight excluding hydrogens is 276 g/mol. The zero-order chi connectivity index (χ0) is 15.5. The van der Waals surface area contributed by atoms with Crippen LogP contribution < -0.4 is 5.63 Å². The minimum atomic E-state index is -0.452. The maximum atomic E-state index is 12.2. The van der Waals surface area contributed by atoms with Crippen LogP contribution in [-0.4, -0.2) is 4.98 Å². The fourth-order valence-electron chi connectivity index (χ4n) is 2.55. The van der Waals surface area contributed by atoms with E-state index in [4.69, 9.17) is 9.68 Å². The van der Waals surface area contributed by atoms with Crippen LogP contribution in [0.3, 0.4) is 0 Å². The summed E-state index contributed by atoms with van der Waals surface area (Å²) in [6, 6.07) is 16.7. The highest BCUT2D eigenvalue weighted by Gasteiger charge is 2.18. The van der Waals surface area contributed by atoms with Crippen molar-refractivity contribution in [1.29, 1.82) is 5.26 Å². The van der Waals surface area contributed by atoms with Gasteiger partial charge in [-0.05, 0) is 30.2 Å². The minimum Gasteiger partial charge on any atom is -0.407 e. The average Bonchev–Trinajstić information content (AvgIpc) is 2.56. The molecule has 4 nitrogen and oxygen atoms in total. The second kappa shape index (κ2) is 5.82. The molecule has 0 N–H and O–H groups in total. The third-order valence-electron chi connectivity index (χ3n) is 3.68. The molecule has 1 aromatic heterocycles. The lowest BCUT2D eigenvalue weighted by Crippen LogP contribution is -2.10. The van der Waals surface area contributed by atoms with E-state index in [1.165, 1.54) is 6.07 Å². The molecular formula is C18H14N2O2. The van der Waals surface area contributed by atoms with Crippen molar-refractivity contribution < 1.29 is 4.42 Å². The lowest BCUT2D eigenvalue weighted by atomic mass is 9.96. The molecule has 0 aliphatic carbocycles. The molecule has 0 amide bonds. The lowest BCUT2D eigenvalue weighted by molar-refractivity contribution is 0.420. The zero-order valence-electron chi connectivity index (χ0n) is 12.1. The van der Waals surface area contributed by atoms with Crippen LogP contribution in [-0.2, 0) is 0 Å². The number of nitrogens with zero attached hydrogens (tertiary/aromatic N) is 2. The molecule has 1 unspecified atom stereocenters. The first-order valence-corrected chi connectivity index (χ1v) is 7.12. The molecule has 22 heavy (non-hydrogen) atoms. The molecule has 0 bridgehead atoms. The Hall–Kier alpha value is -2.93. The van der Waals surface area contributed by atoms with E-state index >= 15 is 0 Å². The van der Waals surface area contributed by atoms with E-state index in [1.54, 1.807) is 12.1 Å². The van der Waals surface area contributed by atoms with Gasteiger partial charge in [-0.25, -0.2) is 9.78 Å². The van der Waals surface area contributed by atoms with Gasteiger partial charge in [0, 0.05) is 0 Å². The smallest absolute Gasteiger partial charge is 0.346 e. The fraction of sp³-hybridized carbons (Fsp3) is 0.167. The average molecular weight is 290 g/mol. The van der Waals surface area contributed by atoms with Crippen LogP contribution in [0.1, 0.15) is 36.3 Å². The fourth-order valence-corrected chi connectivity index (χ4v) is 2.55. The predicted molar refractivity (Wildman–Crippen MR) is 83.6 cm³/mol. The first-order valence-electron chi connectivity index (χ1n) is 7.12. The van der Waals surface area contributed by atoms with E-state index in [9.17, 15) is 4.79 Å². The summed E-state index contributed by atoms with van der Waals surface area (Å²) in [7, 11) is 0. The molecule has 0 radical (unpaired) electrons. The summed E-state index contributed by atoms with van der Waals surface area (Å²) in [5, 5.41) is 9.25. The molecule has 0 saturated heterocycles. The van der Waals surface area contributed by atoms with E-state index in [0.717, 1.165) is 12.0 Å². The van der Waals surface area contributed by atoms with Crippen LogP contribution in [0.5, 0.6) is 0 Å². The molecule has 1 heterocycles. The Balaban J connectivity index is 2.16. The molecule has 1 atom stereocenters. The van der Waals surface area contributed by atoms with Crippen LogP contribution in [0.25, 0.3) is 10.9 Å². The molecule has 0 saturated carbocycles. The Kier molecular flexibility index (Phi) is 3.71. The number of hydrogen-bond acceptors (Lipinski definition) is 4. The van der Waals surface area contributed by atoms with Crippen molar-refractivity contribution in [2.45, 2.75) is 19.3 Å². The lowest BCUT2D eigenvalue weighted by Gasteiger charge is -2.13. The molecule has 3 aromatic rings. The number of aromatic nitrogens is 1. The summed E-state index contributed by atoms with van der Waals surface area (Å²) in [4.78, 5) is 16.7. The van der Waals surface area contributed by atoms with Gasteiger partial charge in [0.05, 0.1) is 28.5 Å². The molecule has 0 aliphatic heterocycles. The predicted octanol–water partition coefficient (Wildman–Crippen LogP) is 3.60. The van der Waals surface area contributed by atoms with Gasteiger partial charge in [0.15, 0.2) is 0 Å². The van der Waals surface area contributed by atoms with Crippen molar-refractivity contribution in [2.75, 3.05) is 0 Å². The molecule has 3 rings (SSSR count). The second-order valence-electron chi connectivity index (χ2n) is 5.05. The van der Waals surface area contributed by atoms with Gasteiger partial charge in [-0.2, -0.15) is 5.26 Å². The number of benzene rings is 2. The van der Waals surface area contributed by atoms with Crippen LogP contribution in [0.4, 0.5) is 0 Å². The Morgan fingerprint density at radius 2 is 2.00 bits per heavy atom. The van der Waals surface area contributed by atoms with Crippen molar-refractivity contribution >= 4 is 10.9 Å². The van der Waals surface area contributed by atoms with Gasteiger partial charge in [-0.3, -0.25) is 0 Å². The van der Waals surface area contributed by atoms with E-state index in [1.807, 2.05) is 43.3 Å². The highest BCUT2D eigenvalue weighted by atomic mass is 16.4. The van der Waals surface area contributed by atoms with Gasteiger partial charge >= 0.3 is 5.63 Å². The third kappa shape index (κ3) is 2.49. The Bertz CT molecular complexity index is 908. The van der Waals surface area contributed by atoms with Crippen molar-refractivity contribution in [2.24, 2.45) is 0 Å². The van der Waals surface area contributed by atoms with E-state index in [2.05, 4.69) is 4.98 Å². The van der Waals surface area contributed by atoms with Crippen LogP contribution >= 0.6 is 0 Å². The highest BCUT2D eigenvalue weighted by molar-refractivity contribution is 5.78. The van der Waals surface area contributed by atoms with Crippen LogP contribution in [0.15, 0.2) is 57.7 Å². The van der Waals surface area contributed by atoms with Crippen LogP contribution in [0.2, 0.25) is 0 Å². The summed E-state index contributed by atoms with van der Waals surface area (Å²) in [5.74, 6) is 0.352. The molecule has 108 valence electrons. The summed E-state index contributed by atoms with van der Waals surface area (Å²) in [6.45, 7) is 2.03. The van der Waals surface area contributed by atoms with Crippen molar-refractivity contribution in [1.82, 2.24) is 4.98 Å². The quantitative estimate of drug-likeness (QED) is 0.739. The van der Waals surface area contributed by atoms with Gasteiger partial charge in [0.2, 0.25) is 5.89 Å². The highest BCUT2D eigenvalue weighted by Crippen LogP contribution is 2.26. The molecule has 0 fully saturated rings. The number of nitriles is 1. The monoisotopic (exact) mass is 290 g/mol. The van der Waals surface area contributed by atoms with E-state index in [-0.39, 0.29) is 5.92 Å². The van der Waals surface area contributed by atoms with Crippen molar-refractivity contribution in [3.63, 3.8) is 0 Å². The summed E-state index contributed by atoms with van der Waals surface area (Å²) in [5.41, 5.74) is 1.59. The van der Waals surface area contributed by atoms with Gasteiger partial charge < -0.3 is 4.42 Å². The summed E-state index contributed by atoms with van der Waals surface area (Å²) in [6.07, 6.45) is 0.780. The molecule has 2 aromatic carbocycles. The standard InChI is InChI=1S/C18H14N2O2/c1-2-14(13-6-4-3-5-7-13)17-20-16-9-8-12(11-19)10-15(16)18(21)22-17/h3-10,14H,2H2,1H3. The van der Waals surface area contributed by atoms with Gasteiger partial charge in [0.25, 0.3) is 0 Å². The maximum absolute atomic E-state index is 12.2. The minimum absolute atomic E-state index is 0.0612. The summed E-state index contributed by atoms with van der Waals surface area (Å²) >= 11 is 0. The first kappa shape index (κ1) is 14.0. The van der Waals surface area contributed by atoms with E-state index in [0.29, 0.717) is 22.4 Å². The molecule has 4 heteroatoms. The number of fused-ring (bicyclic) bond motifs is 1. The Morgan fingerprint density at radius 1 is 1.23 bits per heavy atom. The summed E-state index contributed by atoms with van der Waals surface area (Å²) < 4.78 is 5.42. The van der Waals surface area contributed by atoms with Crippen molar-refractivity contribution in [3.8, 4) is 6.07 Å². The van der Waals surface area contributed by atoms with Crippen molar-refractivity contribution in [3.05, 3.63) is 76.0 Å². The second-order valence-corrected chi connectivity index (χ2v) is 5.05. The van der Waals surface area contributed by atoms with Gasteiger partial charge in [-0.1, -0.05) is 37.3 Å².